The third kappa shape index (κ3) is 3.15. The number of halogens is 1. The van der Waals surface area contributed by atoms with Gasteiger partial charge in [0.1, 0.15) is 17.2 Å². The lowest BCUT2D eigenvalue weighted by Gasteiger charge is -2.41. The number of fused-ring (bicyclic) bond motifs is 1. The van der Waals surface area contributed by atoms with E-state index in [-0.39, 0.29) is 5.41 Å². The Bertz CT molecular complexity index is 929. The van der Waals surface area contributed by atoms with Crippen LogP contribution in [0.5, 0.6) is 0 Å². The second kappa shape index (κ2) is 6.52. The van der Waals surface area contributed by atoms with E-state index in [0.717, 1.165) is 42.2 Å². The Morgan fingerprint density at radius 1 is 1.19 bits per heavy atom. The van der Waals surface area contributed by atoms with Gasteiger partial charge in [-0.25, -0.2) is 9.97 Å². The van der Waals surface area contributed by atoms with Crippen LogP contribution >= 0.6 is 11.6 Å². The van der Waals surface area contributed by atoms with E-state index >= 15 is 0 Å². The molecule has 0 aromatic carbocycles. The fraction of sp³-hybridized carbons (Fsp3) is 0.421. The minimum Gasteiger partial charge on any atom is -0.354 e. The van der Waals surface area contributed by atoms with Crippen LogP contribution in [0.4, 0.5) is 5.82 Å². The highest BCUT2D eigenvalue weighted by Gasteiger charge is 2.30. The van der Waals surface area contributed by atoms with Gasteiger partial charge in [-0.2, -0.15) is 5.10 Å². The molecule has 0 amide bonds. The highest BCUT2D eigenvalue weighted by atomic mass is 35.5. The molecule has 1 aliphatic rings. The number of aromatic amines is 1. The Kier molecular flexibility index (Phi) is 4.32. The van der Waals surface area contributed by atoms with Crippen molar-refractivity contribution >= 4 is 28.5 Å². The maximum absolute atomic E-state index is 6.46. The summed E-state index contributed by atoms with van der Waals surface area (Å²) in [5.74, 6) is 0.931. The topological polar surface area (TPSA) is 69.7 Å². The molecule has 4 rings (SSSR count). The standard InChI is InChI=1S/C19H23ClN6/c1-19(2,3)14-11-26(10-9-21-14)15-7-6-13(20)17(23-15)16-12-5-4-8-22-18(12)25-24-16/h4-8,14,21H,9-11H2,1-3H3,(H,22,24,25)/t14-/m1/s1. The van der Waals surface area contributed by atoms with Gasteiger partial charge in [0.2, 0.25) is 0 Å². The summed E-state index contributed by atoms with van der Waals surface area (Å²) in [5, 5.41) is 12.5. The predicted molar refractivity (Wildman–Crippen MR) is 106 cm³/mol. The van der Waals surface area contributed by atoms with E-state index < -0.39 is 0 Å². The van der Waals surface area contributed by atoms with Crippen molar-refractivity contribution in [1.82, 2.24) is 25.5 Å². The molecule has 6 nitrogen and oxygen atoms in total. The Hall–Kier alpha value is -2.18. The molecule has 26 heavy (non-hydrogen) atoms. The number of H-pyrrole nitrogens is 1. The van der Waals surface area contributed by atoms with Gasteiger partial charge >= 0.3 is 0 Å². The first kappa shape index (κ1) is 17.2. The fourth-order valence-corrected chi connectivity index (χ4v) is 3.54. The molecule has 0 radical (unpaired) electrons. The van der Waals surface area contributed by atoms with Crippen LogP contribution in [-0.4, -0.2) is 45.8 Å². The monoisotopic (exact) mass is 370 g/mol. The summed E-state index contributed by atoms with van der Waals surface area (Å²) in [5.41, 5.74) is 2.36. The highest BCUT2D eigenvalue weighted by Crippen LogP contribution is 2.32. The number of aromatic nitrogens is 4. The second-order valence-electron chi connectivity index (χ2n) is 7.79. The molecule has 1 aliphatic heterocycles. The summed E-state index contributed by atoms with van der Waals surface area (Å²) in [6, 6.07) is 8.18. The van der Waals surface area contributed by atoms with Gasteiger partial charge in [-0.1, -0.05) is 32.4 Å². The molecule has 3 aromatic rings. The fourth-order valence-electron chi connectivity index (χ4n) is 3.35. The zero-order valence-corrected chi connectivity index (χ0v) is 16.0. The lowest BCUT2D eigenvalue weighted by atomic mass is 9.85. The van der Waals surface area contributed by atoms with Crippen LogP contribution in [0.2, 0.25) is 5.02 Å². The van der Waals surface area contributed by atoms with E-state index in [1.54, 1.807) is 6.20 Å². The van der Waals surface area contributed by atoms with E-state index in [1.807, 2.05) is 24.3 Å². The summed E-state index contributed by atoms with van der Waals surface area (Å²) in [6.07, 6.45) is 1.74. The van der Waals surface area contributed by atoms with Gasteiger partial charge in [-0.05, 0) is 29.7 Å². The second-order valence-corrected chi connectivity index (χ2v) is 8.20. The van der Waals surface area contributed by atoms with Crippen molar-refractivity contribution in [3.8, 4) is 11.4 Å². The minimum absolute atomic E-state index is 0.192. The van der Waals surface area contributed by atoms with Crippen molar-refractivity contribution in [2.45, 2.75) is 26.8 Å². The van der Waals surface area contributed by atoms with Crippen molar-refractivity contribution in [2.24, 2.45) is 5.41 Å². The molecule has 4 heterocycles. The zero-order valence-electron chi connectivity index (χ0n) is 15.3. The number of pyridine rings is 2. The van der Waals surface area contributed by atoms with Crippen molar-refractivity contribution < 1.29 is 0 Å². The van der Waals surface area contributed by atoms with Crippen LogP contribution in [0, 0.1) is 5.41 Å². The molecule has 2 N–H and O–H groups in total. The molecule has 0 saturated carbocycles. The first-order chi connectivity index (χ1) is 12.4. The van der Waals surface area contributed by atoms with Crippen LogP contribution in [0.15, 0.2) is 30.5 Å². The highest BCUT2D eigenvalue weighted by molar-refractivity contribution is 6.33. The molecule has 1 atom stereocenters. The predicted octanol–water partition coefficient (Wildman–Crippen LogP) is 3.50. The summed E-state index contributed by atoms with van der Waals surface area (Å²) < 4.78 is 0. The lowest BCUT2D eigenvalue weighted by Crippen LogP contribution is -2.56. The van der Waals surface area contributed by atoms with Gasteiger partial charge in [0.25, 0.3) is 0 Å². The average molecular weight is 371 g/mol. The normalized spacial score (nSPS) is 18.5. The Morgan fingerprint density at radius 3 is 2.85 bits per heavy atom. The maximum Gasteiger partial charge on any atom is 0.155 e. The molecule has 136 valence electrons. The molecule has 0 unspecified atom stereocenters. The van der Waals surface area contributed by atoms with Crippen molar-refractivity contribution in [2.75, 3.05) is 24.5 Å². The van der Waals surface area contributed by atoms with E-state index in [4.69, 9.17) is 16.6 Å². The van der Waals surface area contributed by atoms with Crippen molar-refractivity contribution in [3.63, 3.8) is 0 Å². The Labute approximate surface area is 158 Å². The molecule has 0 spiro atoms. The summed E-state index contributed by atoms with van der Waals surface area (Å²) in [7, 11) is 0. The van der Waals surface area contributed by atoms with Crippen LogP contribution in [0.3, 0.4) is 0 Å². The molecule has 3 aromatic heterocycles. The molecule has 0 aliphatic carbocycles. The van der Waals surface area contributed by atoms with Gasteiger partial charge < -0.3 is 10.2 Å². The minimum atomic E-state index is 0.192. The Morgan fingerprint density at radius 2 is 2.04 bits per heavy atom. The lowest BCUT2D eigenvalue weighted by molar-refractivity contribution is 0.253. The SMILES string of the molecule is CC(C)(C)[C@H]1CN(c2ccc(Cl)c(-c3n[nH]c4ncccc34)n2)CCN1. The van der Waals surface area contributed by atoms with E-state index in [1.165, 1.54) is 0 Å². The Balaban J connectivity index is 1.71. The van der Waals surface area contributed by atoms with Gasteiger partial charge in [0, 0.05) is 37.3 Å². The van der Waals surface area contributed by atoms with Crippen molar-refractivity contribution in [3.05, 3.63) is 35.5 Å². The molecular weight excluding hydrogens is 348 g/mol. The van der Waals surface area contributed by atoms with Crippen molar-refractivity contribution in [1.29, 1.82) is 0 Å². The third-order valence-corrected chi connectivity index (χ3v) is 5.24. The van der Waals surface area contributed by atoms with Gasteiger partial charge in [-0.15, -0.1) is 0 Å². The maximum atomic E-state index is 6.46. The number of hydrogen-bond donors (Lipinski definition) is 2. The van der Waals surface area contributed by atoms with E-state index in [2.05, 4.69) is 46.2 Å². The third-order valence-electron chi connectivity index (χ3n) is 4.94. The molecule has 1 fully saturated rings. The molecule has 0 bridgehead atoms. The van der Waals surface area contributed by atoms with Crippen LogP contribution in [-0.2, 0) is 0 Å². The number of anilines is 1. The van der Waals surface area contributed by atoms with Gasteiger partial charge in [0.15, 0.2) is 5.65 Å². The van der Waals surface area contributed by atoms with Crippen LogP contribution in [0.1, 0.15) is 20.8 Å². The first-order valence-corrected chi connectivity index (χ1v) is 9.25. The zero-order chi connectivity index (χ0) is 18.3. The van der Waals surface area contributed by atoms with E-state index in [0.29, 0.717) is 16.8 Å². The number of piperazine rings is 1. The average Bonchev–Trinajstić information content (AvgIpc) is 3.05. The van der Waals surface area contributed by atoms with E-state index in [9.17, 15) is 0 Å². The quantitative estimate of drug-likeness (QED) is 0.722. The smallest absolute Gasteiger partial charge is 0.155 e. The molecule has 1 saturated heterocycles. The summed E-state index contributed by atoms with van der Waals surface area (Å²) in [6.45, 7) is 9.56. The number of hydrogen-bond acceptors (Lipinski definition) is 5. The van der Waals surface area contributed by atoms with Gasteiger partial charge in [0.05, 0.1) is 5.02 Å². The number of nitrogens with one attached hydrogen (secondary N) is 2. The van der Waals surface area contributed by atoms with Crippen LogP contribution in [0.25, 0.3) is 22.4 Å². The van der Waals surface area contributed by atoms with Crippen LogP contribution < -0.4 is 10.2 Å². The van der Waals surface area contributed by atoms with Gasteiger partial charge in [-0.3, -0.25) is 5.10 Å². The summed E-state index contributed by atoms with van der Waals surface area (Å²) in [4.78, 5) is 11.5. The first-order valence-electron chi connectivity index (χ1n) is 8.88. The number of nitrogens with zero attached hydrogens (tertiary/aromatic N) is 4. The molecular formula is C19H23ClN6. The largest absolute Gasteiger partial charge is 0.354 e. The summed E-state index contributed by atoms with van der Waals surface area (Å²) >= 11 is 6.46. The molecule has 7 heteroatoms. The number of rotatable bonds is 2.